The highest BCUT2D eigenvalue weighted by atomic mass is 16.5. The highest BCUT2D eigenvalue weighted by Crippen LogP contribution is 2.44. The van der Waals surface area contributed by atoms with E-state index >= 15 is 0 Å². The van der Waals surface area contributed by atoms with E-state index in [1.807, 2.05) is 12.3 Å². The van der Waals surface area contributed by atoms with Gasteiger partial charge in [-0.15, -0.1) is 0 Å². The molecule has 3 heterocycles. The molecule has 2 aromatic heterocycles. The van der Waals surface area contributed by atoms with Gasteiger partial charge >= 0.3 is 0 Å². The van der Waals surface area contributed by atoms with Gasteiger partial charge in [0.15, 0.2) is 0 Å². The fraction of sp³-hybridized carbons (Fsp3) is 0.667. The minimum atomic E-state index is -0.176. The van der Waals surface area contributed by atoms with Crippen molar-refractivity contribution in [2.45, 2.75) is 70.3 Å². The summed E-state index contributed by atoms with van der Waals surface area (Å²) in [6, 6.07) is 2.48. The van der Waals surface area contributed by atoms with Gasteiger partial charge in [0.25, 0.3) is 0 Å². The van der Waals surface area contributed by atoms with Crippen LogP contribution >= 0.6 is 0 Å². The Morgan fingerprint density at radius 3 is 2.70 bits per heavy atom. The van der Waals surface area contributed by atoms with Gasteiger partial charge in [-0.2, -0.15) is 4.98 Å². The predicted molar refractivity (Wildman–Crippen MR) is 104 cm³/mol. The average molecular weight is 370 g/mol. The standard InChI is InChI=1S/C21H30N4O2/c1-21(2,3)20-23-19(24-27-20)17-11-18(16(12-22-17)14-8-9-14)26-13-15-7-5-6-10-25(15)4/h11-12,14-15H,5-10,13H2,1-4H3. The Bertz CT molecular complexity index is 792. The Labute approximate surface area is 161 Å². The molecule has 1 aliphatic carbocycles. The fourth-order valence-corrected chi connectivity index (χ4v) is 3.57. The van der Waals surface area contributed by atoms with E-state index in [1.54, 1.807) is 0 Å². The van der Waals surface area contributed by atoms with Crippen molar-refractivity contribution in [1.29, 1.82) is 0 Å². The van der Waals surface area contributed by atoms with Crippen LogP contribution in [0.4, 0.5) is 0 Å². The molecule has 1 unspecified atom stereocenters. The molecule has 4 rings (SSSR count). The zero-order valence-electron chi connectivity index (χ0n) is 16.9. The van der Waals surface area contributed by atoms with Crippen molar-refractivity contribution >= 4 is 0 Å². The lowest BCUT2D eigenvalue weighted by atomic mass is 9.97. The van der Waals surface area contributed by atoms with Crippen molar-refractivity contribution in [3.8, 4) is 17.3 Å². The quantitative estimate of drug-likeness (QED) is 0.787. The van der Waals surface area contributed by atoms with E-state index in [0.29, 0.717) is 29.4 Å². The van der Waals surface area contributed by atoms with E-state index in [1.165, 1.54) is 37.7 Å². The molecule has 1 atom stereocenters. The van der Waals surface area contributed by atoms with Crippen LogP contribution in [0.5, 0.6) is 5.75 Å². The molecule has 0 aromatic carbocycles. The second-order valence-corrected chi connectivity index (χ2v) is 9.00. The maximum atomic E-state index is 6.32. The minimum Gasteiger partial charge on any atom is -0.492 e. The molecule has 2 aliphatic rings. The van der Waals surface area contributed by atoms with E-state index in [0.717, 1.165) is 18.9 Å². The largest absolute Gasteiger partial charge is 0.492 e. The summed E-state index contributed by atoms with van der Waals surface area (Å²) in [5.41, 5.74) is 1.76. The molecule has 0 amide bonds. The molecule has 0 radical (unpaired) electrons. The summed E-state index contributed by atoms with van der Waals surface area (Å²) < 4.78 is 11.8. The number of nitrogens with zero attached hydrogens (tertiary/aromatic N) is 4. The first-order chi connectivity index (χ1) is 12.9. The van der Waals surface area contributed by atoms with Crippen LogP contribution < -0.4 is 4.74 Å². The molecule has 1 saturated heterocycles. The van der Waals surface area contributed by atoms with Crippen molar-refractivity contribution in [3.05, 3.63) is 23.7 Å². The van der Waals surface area contributed by atoms with Crippen LogP contribution in [-0.4, -0.2) is 46.3 Å². The van der Waals surface area contributed by atoms with Crippen molar-refractivity contribution in [2.24, 2.45) is 0 Å². The van der Waals surface area contributed by atoms with Gasteiger partial charge in [-0.25, -0.2) is 0 Å². The SMILES string of the molecule is CN1CCCCC1COc1cc(-c2noc(C(C)(C)C)n2)ncc1C1CC1. The highest BCUT2D eigenvalue weighted by Gasteiger charge is 2.29. The summed E-state index contributed by atoms with van der Waals surface area (Å²) in [6.45, 7) is 8.05. The van der Waals surface area contributed by atoms with E-state index in [2.05, 4.69) is 47.8 Å². The number of aromatic nitrogens is 3. The smallest absolute Gasteiger partial charge is 0.232 e. The summed E-state index contributed by atoms with van der Waals surface area (Å²) in [5.74, 6) is 2.67. The molecule has 27 heavy (non-hydrogen) atoms. The number of piperidine rings is 1. The minimum absolute atomic E-state index is 0.176. The third-order valence-electron chi connectivity index (χ3n) is 5.56. The molecule has 6 nitrogen and oxygen atoms in total. The van der Waals surface area contributed by atoms with Crippen molar-refractivity contribution < 1.29 is 9.26 Å². The number of ether oxygens (including phenoxy) is 1. The summed E-state index contributed by atoms with van der Waals surface area (Å²) in [7, 11) is 2.19. The first kappa shape index (κ1) is 18.4. The fourth-order valence-electron chi connectivity index (χ4n) is 3.57. The van der Waals surface area contributed by atoms with Gasteiger partial charge in [-0.1, -0.05) is 32.3 Å². The highest BCUT2D eigenvalue weighted by molar-refractivity contribution is 5.54. The predicted octanol–water partition coefficient (Wildman–Crippen LogP) is 4.17. The summed E-state index contributed by atoms with van der Waals surface area (Å²) >= 11 is 0. The van der Waals surface area contributed by atoms with Crippen LogP contribution in [0.3, 0.4) is 0 Å². The third kappa shape index (κ3) is 4.15. The van der Waals surface area contributed by atoms with Crippen LogP contribution in [0.15, 0.2) is 16.8 Å². The molecule has 0 bridgehead atoms. The Balaban J connectivity index is 1.56. The molecular formula is C21H30N4O2. The maximum absolute atomic E-state index is 6.32. The van der Waals surface area contributed by atoms with E-state index in [4.69, 9.17) is 9.26 Å². The lowest BCUT2D eigenvalue weighted by molar-refractivity contribution is 0.124. The lowest BCUT2D eigenvalue weighted by Crippen LogP contribution is -2.40. The molecule has 0 spiro atoms. The van der Waals surface area contributed by atoms with E-state index in [-0.39, 0.29) is 5.41 Å². The monoisotopic (exact) mass is 370 g/mol. The topological polar surface area (TPSA) is 64.3 Å². The number of likely N-dealkylation sites (N-methyl/N-ethyl adjacent to an activating group) is 1. The number of likely N-dealkylation sites (tertiary alicyclic amines) is 1. The molecule has 146 valence electrons. The maximum Gasteiger partial charge on any atom is 0.232 e. The second kappa shape index (κ2) is 7.23. The van der Waals surface area contributed by atoms with Crippen LogP contribution in [0.2, 0.25) is 0 Å². The Hall–Kier alpha value is -1.95. The molecule has 6 heteroatoms. The number of rotatable bonds is 5. The number of hydrogen-bond donors (Lipinski definition) is 0. The van der Waals surface area contributed by atoms with Gasteiger partial charge in [-0.05, 0) is 45.2 Å². The van der Waals surface area contributed by atoms with Gasteiger partial charge in [0, 0.05) is 29.3 Å². The van der Waals surface area contributed by atoms with Gasteiger partial charge in [0.1, 0.15) is 18.1 Å². The van der Waals surface area contributed by atoms with E-state index in [9.17, 15) is 0 Å². The summed E-state index contributed by atoms with van der Waals surface area (Å²) in [5, 5.41) is 4.13. The Morgan fingerprint density at radius 2 is 2.04 bits per heavy atom. The van der Waals surface area contributed by atoms with Crippen molar-refractivity contribution in [2.75, 3.05) is 20.2 Å². The first-order valence-electron chi connectivity index (χ1n) is 10.1. The zero-order valence-corrected chi connectivity index (χ0v) is 16.9. The average Bonchev–Trinajstić information content (AvgIpc) is 3.35. The number of hydrogen-bond acceptors (Lipinski definition) is 6. The van der Waals surface area contributed by atoms with Crippen LogP contribution in [-0.2, 0) is 5.41 Å². The first-order valence-corrected chi connectivity index (χ1v) is 10.1. The zero-order chi connectivity index (χ0) is 19.0. The van der Waals surface area contributed by atoms with Crippen molar-refractivity contribution in [3.63, 3.8) is 0 Å². The second-order valence-electron chi connectivity index (χ2n) is 9.00. The molecular weight excluding hydrogens is 340 g/mol. The molecule has 0 N–H and O–H groups in total. The van der Waals surface area contributed by atoms with Gasteiger partial charge in [-0.3, -0.25) is 4.98 Å². The van der Waals surface area contributed by atoms with Crippen molar-refractivity contribution in [1.82, 2.24) is 20.0 Å². The summed E-state index contributed by atoms with van der Waals surface area (Å²) in [6.07, 6.45) is 8.16. The van der Waals surface area contributed by atoms with Gasteiger partial charge < -0.3 is 14.2 Å². The molecule has 1 aliphatic heterocycles. The number of pyridine rings is 1. The van der Waals surface area contributed by atoms with E-state index < -0.39 is 0 Å². The summed E-state index contributed by atoms with van der Waals surface area (Å²) in [4.78, 5) is 11.6. The normalized spacial score (nSPS) is 21.4. The van der Waals surface area contributed by atoms with Gasteiger partial charge in [0.2, 0.25) is 11.7 Å². The lowest BCUT2D eigenvalue weighted by Gasteiger charge is -2.32. The Kier molecular flexibility index (Phi) is 4.93. The van der Waals surface area contributed by atoms with Gasteiger partial charge in [0.05, 0.1) is 0 Å². The van der Waals surface area contributed by atoms with Crippen LogP contribution in [0.1, 0.15) is 70.2 Å². The third-order valence-corrected chi connectivity index (χ3v) is 5.56. The Morgan fingerprint density at radius 1 is 1.22 bits per heavy atom. The van der Waals surface area contributed by atoms with Crippen LogP contribution in [0, 0.1) is 0 Å². The van der Waals surface area contributed by atoms with Crippen LogP contribution in [0.25, 0.3) is 11.5 Å². The molecule has 1 saturated carbocycles. The molecule has 2 fully saturated rings. The molecule has 2 aromatic rings.